The molecule has 0 aliphatic heterocycles. The molecule has 2 aromatic heterocycles. The Morgan fingerprint density at radius 3 is 2.56 bits per heavy atom. The summed E-state index contributed by atoms with van der Waals surface area (Å²) >= 11 is 9.01. The van der Waals surface area contributed by atoms with Crippen LogP contribution in [0.25, 0.3) is 17.1 Å². The van der Waals surface area contributed by atoms with Crippen LogP contribution in [-0.2, 0) is 6.54 Å². The van der Waals surface area contributed by atoms with E-state index in [0.29, 0.717) is 17.0 Å². The second-order valence-electron chi connectivity index (χ2n) is 5.80. The van der Waals surface area contributed by atoms with Gasteiger partial charge in [0, 0.05) is 10.7 Å². The molecule has 0 atom stereocenters. The molecule has 2 heterocycles. The standard InChI is InChI=1S/C18H15BrN6OS/c1-26-15-8-2-12(3-9-15)11-24-22-17(21-23-24)16-10-20-25(18(16)27)14-6-4-13(19)5-7-14/h2-10,20H,11H2,1H3. The van der Waals surface area contributed by atoms with Crippen molar-refractivity contribution in [2.45, 2.75) is 6.54 Å². The fourth-order valence-electron chi connectivity index (χ4n) is 2.62. The molecule has 0 radical (unpaired) electrons. The number of benzene rings is 2. The van der Waals surface area contributed by atoms with Gasteiger partial charge in [0.25, 0.3) is 0 Å². The Morgan fingerprint density at radius 1 is 1.11 bits per heavy atom. The lowest BCUT2D eigenvalue weighted by Gasteiger charge is -2.02. The predicted molar refractivity (Wildman–Crippen MR) is 108 cm³/mol. The first-order valence-corrected chi connectivity index (χ1v) is 9.31. The van der Waals surface area contributed by atoms with E-state index in [1.807, 2.05) is 48.5 Å². The van der Waals surface area contributed by atoms with Gasteiger partial charge in [0.2, 0.25) is 5.82 Å². The van der Waals surface area contributed by atoms with Gasteiger partial charge in [-0.15, -0.1) is 10.2 Å². The average molecular weight is 443 g/mol. The lowest BCUT2D eigenvalue weighted by Crippen LogP contribution is -2.04. The Morgan fingerprint density at radius 2 is 1.85 bits per heavy atom. The van der Waals surface area contributed by atoms with E-state index in [9.17, 15) is 0 Å². The molecular formula is C18H15BrN6OS. The van der Waals surface area contributed by atoms with E-state index in [1.165, 1.54) is 0 Å². The maximum absolute atomic E-state index is 5.58. The zero-order valence-electron chi connectivity index (χ0n) is 14.3. The molecule has 0 saturated carbocycles. The Hall–Kier alpha value is -2.78. The first-order chi connectivity index (χ1) is 13.1. The van der Waals surface area contributed by atoms with E-state index in [0.717, 1.165) is 27.0 Å². The quantitative estimate of drug-likeness (QED) is 0.472. The summed E-state index contributed by atoms with van der Waals surface area (Å²) in [5.41, 5.74) is 2.71. The first kappa shape index (κ1) is 17.6. The molecule has 2 aromatic carbocycles. The summed E-state index contributed by atoms with van der Waals surface area (Å²) < 4.78 is 8.58. The molecule has 1 N–H and O–H groups in total. The third-order valence-electron chi connectivity index (χ3n) is 4.03. The Labute approximate surface area is 168 Å². The molecule has 7 nitrogen and oxygen atoms in total. The van der Waals surface area contributed by atoms with Crippen molar-refractivity contribution in [3.8, 4) is 22.8 Å². The molecule has 4 rings (SSSR count). The van der Waals surface area contributed by atoms with Crippen molar-refractivity contribution in [1.29, 1.82) is 0 Å². The number of tetrazole rings is 1. The minimum atomic E-state index is 0.487. The molecule has 0 aliphatic carbocycles. The normalized spacial score (nSPS) is 10.9. The second kappa shape index (κ2) is 7.45. The van der Waals surface area contributed by atoms with E-state index in [4.69, 9.17) is 17.0 Å². The van der Waals surface area contributed by atoms with Crippen LogP contribution in [0.3, 0.4) is 0 Å². The summed E-state index contributed by atoms with van der Waals surface area (Å²) in [5, 5.41) is 15.9. The van der Waals surface area contributed by atoms with Gasteiger partial charge < -0.3 is 4.74 Å². The molecule has 0 aliphatic rings. The molecule has 0 unspecified atom stereocenters. The highest BCUT2D eigenvalue weighted by molar-refractivity contribution is 9.10. The number of rotatable bonds is 5. The number of methoxy groups -OCH3 is 1. The van der Waals surface area contributed by atoms with Crippen LogP contribution in [0.2, 0.25) is 0 Å². The Kier molecular flexibility index (Phi) is 4.87. The number of ether oxygens (including phenoxy) is 1. The highest BCUT2D eigenvalue weighted by atomic mass is 79.9. The number of aromatic amines is 1. The van der Waals surface area contributed by atoms with Gasteiger partial charge in [-0.05, 0) is 47.2 Å². The maximum Gasteiger partial charge on any atom is 0.209 e. The van der Waals surface area contributed by atoms with Crippen LogP contribution >= 0.6 is 28.1 Å². The molecule has 27 heavy (non-hydrogen) atoms. The summed E-state index contributed by atoms with van der Waals surface area (Å²) in [6.07, 6.45) is 1.79. The van der Waals surface area contributed by atoms with E-state index in [2.05, 4.69) is 36.4 Å². The number of halogens is 1. The van der Waals surface area contributed by atoms with Crippen molar-refractivity contribution >= 4 is 28.1 Å². The fraction of sp³-hybridized carbons (Fsp3) is 0.111. The number of H-pyrrole nitrogens is 1. The van der Waals surface area contributed by atoms with E-state index in [1.54, 1.807) is 22.8 Å². The van der Waals surface area contributed by atoms with Gasteiger partial charge in [0.1, 0.15) is 10.4 Å². The number of hydrogen-bond acceptors (Lipinski definition) is 5. The van der Waals surface area contributed by atoms with Gasteiger partial charge in [0.05, 0.1) is 24.9 Å². The van der Waals surface area contributed by atoms with Crippen LogP contribution in [0.1, 0.15) is 5.56 Å². The molecular weight excluding hydrogens is 428 g/mol. The maximum atomic E-state index is 5.58. The zero-order chi connectivity index (χ0) is 18.8. The van der Waals surface area contributed by atoms with Crippen molar-refractivity contribution in [1.82, 2.24) is 30.0 Å². The van der Waals surface area contributed by atoms with Crippen LogP contribution in [0, 0.1) is 4.64 Å². The molecule has 4 aromatic rings. The largest absolute Gasteiger partial charge is 0.497 e. The van der Waals surface area contributed by atoms with Crippen LogP contribution in [0.15, 0.2) is 59.2 Å². The van der Waals surface area contributed by atoms with Crippen LogP contribution in [-0.4, -0.2) is 37.1 Å². The minimum absolute atomic E-state index is 0.487. The topological polar surface area (TPSA) is 73.5 Å². The lowest BCUT2D eigenvalue weighted by molar-refractivity contribution is 0.414. The van der Waals surface area contributed by atoms with E-state index in [-0.39, 0.29) is 0 Å². The number of nitrogens with one attached hydrogen (secondary N) is 1. The van der Waals surface area contributed by atoms with Crippen molar-refractivity contribution in [3.05, 3.63) is 69.4 Å². The summed E-state index contributed by atoms with van der Waals surface area (Å²) in [6.45, 7) is 0.515. The van der Waals surface area contributed by atoms with Crippen LogP contribution < -0.4 is 4.74 Å². The monoisotopic (exact) mass is 442 g/mol. The summed E-state index contributed by atoms with van der Waals surface area (Å²) in [4.78, 5) is 1.54. The van der Waals surface area contributed by atoms with Gasteiger partial charge in [-0.1, -0.05) is 40.3 Å². The van der Waals surface area contributed by atoms with Gasteiger partial charge in [-0.2, -0.15) is 4.80 Å². The smallest absolute Gasteiger partial charge is 0.209 e. The first-order valence-electron chi connectivity index (χ1n) is 8.11. The van der Waals surface area contributed by atoms with Gasteiger partial charge in [-0.25, -0.2) is 4.68 Å². The second-order valence-corrected chi connectivity index (χ2v) is 7.10. The van der Waals surface area contributed by atoms with Gasteiger partial charge in [0.15, 0.2) is 0 Å². The predicted octanol–water partition coefficient (Wildman–Crippen LogP) is 4.01. The molecule has 136 valence electrons. The number of hydrogen-bond donors (Lipinski definition) is 1. The van der Waals surface area contributed by atoms with Gasteiger partial charge in [-0.3, -0.25) is 5.10 Å². The molecule has 0 amide bonds. The highest BCUT2D eigenvalue weighted by Gasteiger charge is 2.12. The van der Waals surface area contributed by atoms with Crippen molar-refractivity contribution < 1.29 is 4.74 Å². The van der Waals surface area contributed by atoms with Crippen LogP contribution in [0.5, 0.6) is 5.75 Å². The van der Waals surface area contributed by atoms with Crippen molar-refractivity contribution in [2.24, 2.45) is 0 Å². The third kappa shape index (κ3) is 3.69. The molecule has 9 heteroatoms. The Bertz CT molecular complexity index is 1110. The summed E-state index contributed by atoms with van der Waals surface area (Å²) in [5.74, 6) is 1.30. The van der Waals surface area contributed by atoms with Crippen molar-refractivity contribution in [3.63, 3.8) is 0 Å². The van der Waals surface area contributed by atoms with Gasteiger partial charge >= 0.3 is 0 Å². The minimum Gasteiger partial charge on any atom is -0.497 e. The molecule has 0 saturated heterocycles. The van der Waals surface area contributed by atoms with Crippen LogP contribution in [0.4, 0.5) is 0 Å². The number of aromatic nitrogens is 6. The highest BCUT2D eigenvalue weighted by Crippen LogP contribution is 2.20. The Balaban J connectivity index is 1.58. The summed E-state index contributed by atoms with van der Waals surface area (Å²) in [7, 11) is 1.64. The lowest BCUT2D eigenvalue weighted by atomic mass is 10.2. The van der Waals surface area contributed by atoms with Crippen molar-refractivity contribution in [2.75, 3.05) is 7.11 Å². The zero-order valence-corrected chi connectivity index (χ0v) is 16.7. The molecule has 0 bridgehead atoms. The third-order valence-corrected chi connectivity index (χ3v) is 4.96. The SMILES string of the molecule is COc1ccc(Cn2nnc(-c3c[nH]n(-c4ccc(Br)cc4)c3=S)n2)cc1. The summed E-state index contributed by atoms with van der Waals surface area (Å²) in [6, 6.07) is 15.6. The molecule has 0 fully saturated rings. The van der Waals surface area contributed by atoms with E-state index < -0.39 is 0 Å². The molecule has 0 spiro atoms. The van der Waals surface area contributed by atoms with E-state index >= 15 is 0 Å². The number of nitrogens with zero attached hydrogens (tertiary/aromatic N) is 5. The average Bonchev–Trinajstić information content (AvgIpc) is 3.29. The fourth-order valence-corrected chi connectivity index (χ4v) is 3.20.